The lowest BCUT2D eigenvalue weighted by Gasteiger charge is -2.17. The number of fused-ring (bicyclic) bond motifs is 1. The molecule has 144 valence electrons. The van der Waals surface area contributed by atoms with E-state index in [1.165, 1.54) is 10.5 Å². The van der Waals surface area contributed by atoms with E-state index in [4.69, 9.17) is 0 Å². The van der Waals surface area contributed by atoms with Crippen LogP contribution in [-0.2, 0) is 12.6 Å². The minimum Gasteiger partial charge on any atom is -0.351 e. The molecule has 2 aromatic heterocycles. The van der Waals surface area contributed by atoms with Crippen LogP contribution in [-0.4, -0.2) is 46.4 Å². The molecule has 0 atom stereocenters. The van der Waals surface area contributed by atoms with Crippen molar-refractivity contribution in [2.75, 3.05) is 26.2 Å². The predicted molar refractivity (Wildman–Crippen MR) is 94.3 cm³/mol. The van der Waals surface area contributed by atoms with E-state index in [-0.39, 0.29) is 5.69 Å². The summed E-state index contributed by atoms with van der Waals surface area (Å²) in [6, 6.07) is 2.27. The van der Waals surface area contributed by atoms with Crippen molar-refractivity contribution in [2.24, 2.45) is 0 Å². The average Bonchev–Trinajstić information content (AvgIpc) is 2.98. The Bertz CT molecular complexity index is 751. The predicted octanol–water partition coefficient (Wildman–Crippen LogP) is 3.38. The molecule has 0 aromatic carbocycles. The molecule has 5 nitrogen and oxygen atoms in total. The molecule has 0 saturated heterocycles. The Morgan fingerprint density at radius 2 is 1.92 bits per heavy atom. The van der Waals surface area contributed by atoms with Crippen LogP contribution in [0, 0.1) is 0 Å². The molecule has 8 heteroatoms. The summed E-state index contributed by atoms with van der Waals surface area (Å²) in [6.45, 7) is 9.18. The second-order valence-electron chi connectivity index (χ2n) is 6.04. The molecule has 0 fully saturated rings. The van der Waals surface area contributed by atoms with Crippen LogP contribution in [0.15, 0.2) is 18.3 Å². The van der Waals surface area contributed by atoms with Gasteiger partial charge in [0.1, 0.15) is 11.3 Å². The number of rotatable bonds is 8. The van der Waals surface area contributed by atoms with Crippen LogP contribution in [0.2, 0.25) is 0 Å². The summed E-state index contributed by atoms with van der Waals surface area (Å²) in [6.07, 6.45) is -2.29. The Labute approximate surface area is 151 Å². The van der Waals surface area contributed by atoms with E-state index in [0.717, 1.165) is 38.3 Å². The Morgan fingerprint density at radius 1 is 1.23 bits per heavy atom. The average molecular weight is 370 g/mol. The SMILES string of the molecule is CCc1nc2ccc(C(F)(F)F)cn2c1C(=O)NCCCN(CC)CC. The molecule has 0 aliphatic carbocycles. The van der Waals surface area contributed by atoms with Gasteiger partial charge in [0.2, 0.25) is 0 Å². The number of halogens is 3. The van der Waals surface area contributed by atoms with Gasteiger partial charge in [0.15, 0.2) is 0 Å². The van der Waals surface area contributed by atoms with Crippen molar-refractivity contribution >= 4 is 11.6 Å². The van der Waals surface area contributed by atoms with Gasteiger partial charge in [0, 0.05) is 12.7 Å². The van der Waals surface area contributed by atoms with Crippen LogP contribution in [0.1, 0.15) is 48.9 Å². The van der Waals surface area contributed by atoms with Gasteiger partial charge in [-0.2, -0.15) is 13.2 Å². The van der Waals surface area contributed by atoms with Crippen LogP contribution < -0.4 is 5.32 Å². The smallest absolute Gasteiger partial charge is 0.351 e. The largest absolute Gasteiger partial charge is 0.417 e. The highest BCUT2D eigenvalue weighted by molar-refractivity contribution is 5.94. The zero-order valence-electron chi connectivity index (χ0n) is 15.4. The van der Waals surface area contributed by atoms with Crippen molar-refractivity contribution in [2.45, 2.75) is 39.8 Å². The van der Waals surface area contributed by atoms with E-state index in [2.05, 4.69) is 29.0 Å². The zero-order valence-corrected chi connectivity index (χ0v) is 15.4. The second kappa shape index (κ2) is 8.53. The number of aryl methyl sites for hydroxylation is 1. The Hall–Kier alpha value is -2.09. The second-order valence-corrected chi connectivity index (χ2v) is 6.04. The van der Waals surface area contributed by atoms with E-state index >= 15 is 0 Å². The molecular formula is C18H25F3N4O. The third-order valence-corrected chi connectivity index (χ3v) is 4.40. The molecule has 1 N–H and O–H groups in total. The number of aromatic nitrogens is 2. The number of nitrogens with zero attached hydrogens (tertiary/aromatic N) is 3. The van der Waals surface area contributed by atoms with Gasteiger partial charge in [-0.1, -0.05) is 20.8 Å². The fraction of sp³-hybridized carbons (Fsp3) is 0.556. The highest BCUT2D eigenvalue weighted by Gasteiger charge is 2.31. The summed E-state index contributed by atoms with van der Waals surface area (Å²) in [5.74, 6) is -0.395. The van der Waals surface area contributed by atoms with Crippen molar-refractivity contribution in [3.05, 3.63) is 35.3 Å². The van der Waals surface area contributed by atoms with E-state index in [0.29, 0.717) is 24.3 Å². The van der Waals surface area contributed by atoms with E-state index < -0.39 is 17.6 Å². The van der Waals surface area contributed by atoms with Gasteiger partial charge < -0.3 is 10.2 Å². The van der Waals surface area contributed by atoms with Gasteiger partial charge in [-0.25, -0.2) is 4.98 Å². The number of pyridine rings is 1. The highest BCUT2D eigenvalue weighted by Crippen LogP contribution is 2.29. The van der Waals surface area contributed by atoms with Gasteiger partial charge in [-0.15, -0.1) is 0 Å². The van der Waals surface area contributed by atoms with Crippen molar-refractivity contribution in [3.8, 4) is 0 Å². The molecule has 26 heavy (non-hydrogen) atoms. The molecule has 0 spiro atoms. The fourth-order valence-corrected chi connectivity index (χ4v) is 2.88. The number of alkyl halides is 3. The molecule has 0 radical (unpaired) electrons. The van der Waals surface area contributed by atoms with Crippen molar-refractivity contribution in [1.82, 2.24) is 19.6 Å². The molecule has 2 heterocycles. The lowest BCUT2D eigenvalue weighted by molar-refractivity contribution is -0.137. The number of carbonyl (C=O) groups is 1. The van der Waals surface area contributed by atoms with Crippen LogP contribution in [0.3, 0.4) is 0 Å². The third kappa shape index (κ3) is 4.55. The number of carbonyl (C=O) groups excluding carboxylic acids is 1. The van der Waals surface area contributed by atoms with E-state index in [9.17, 15) is 18.0 Å². The fourth-order valence-electron chi connectivity index (χ4n) is 2.88. The Balaban J connectivity index is 2.19. The molecule has 0 saturated carbocycles. The summed E-state index contributed by atoms with van der Waals surface area (Å²) < 4.78 is 40.2. The maximum Gasteiger partial charge on any atom is 0.417 e. The molecule has 0 aliphatic heterocycles. The van der Waals surface area contributed by atoms with Crippen molar-refractivity contribution in [3.63, 3.8) is 0 Å². The summed E-state index contributed by atoms with van der Waals surface area (Å²) in [7, 11) is 0. The van der Waals surface area contributed by atoms with Gasteiger partial charge in [-0.05, 0) is 44.6 Å². The topological polar surface area (TPSA) is 49.6 Å². The summed E-state index contributed by atoms with van der Waals surface area (Å²) in [5.41, 5.74) is 0.200. The molecule has 0 bridgehead atoms. The molecular weight excluding hydrogens is 345 g/mol. The number of hydrogen-bond donors (Lipinski definition) is 1. The summed E-state index contributed by atoms with van der Waals surface area (Å²) in [4.78, 5) is 19.1. The standard InChI is InChI=1S/C18H25F3N4O/c1-4-14-16(17(26)22-10-7-11-24(5-2)6-3)25-12-13(18(19,20)21)8-9-15(25)23-14/h8-9,12H,4-7,10-11H2,1-3H3,(H,22,26). The van der Waals surface area contributed by atoms with Crippen LogP contribution >= 0.6 is 0 Å². The minimum absolute atomic E-state index is 0.177. The highest BCUT2D eigenvalue weighted by atomic mass is 19.4. The summed E-state index contributed by atoms with van der Waals surface area (Å²) in [5, 5.41) is 2.81. The first-order chi connectivity index (χ1) is 12.3. The molecule has 2 rings (SSSR count). The normalized spacial score (nSPS) is 12.1. The molecule has 2 aromatic rings. The van der Waals surface area contributed by atoms with Crippen LogP contribution in [0.4, 0.5) is 13.2 Å². The first kappa shape index (κ1) is 20.2. The third-order valence-electron chi connectivity index (χ3n) is 4.40. The molecule has 1 amide bonds. The monoisotopic (exact) mass is 370 g/mol. The number of hydrogen-bond acceptors (Lipinski definition) is 3. The van der Waals surface area contributed by atoms with E-state index in [1.54, 1.807) is 0 Å². The zero-order chi connectivity index (χ0) is 19.3. The maximum absolute atomic E-state index is 13.0. The van der Waals surface area contributed by atoms with Crippen molar-refractivity contribution in [1.29, 1.82) is 0 Å². The van der Waals surface area contributed by atoms with Crippen LogP contribution in [0.25, 0.3) is 5.65 Å². The molecule has 0 aliphatic rings. The quantitative estimate of drug-likeness (QED) is 0.725. The minimum atomic E-state index is -4.47. The van der Waals surface area contributed by atoms with Crippen molar-refractivity contribution < 1.29 is 18.0 Å². The number of nitrogens with one attached hydrogen (secondary N) is 1. The van der Waals surface area contributed by atoms with Gasteiger partial charge in [-0.3, -0.25) is 9.20 Å². The number of amides is 1. The van der Waals surface area contributed by atoms with Gasteiger partial charge in [0.25, 0.3) is 5.91 Å². The summed E-state index contributed by atoms with van der Waals surface area (Å²) >= 11 is 0. The molecule has 0 unspecified atom stereocenters. The van der Waals surface area contributed by atoms with Gasteiger partial charge in [0.05, 0.1) is 11.3 Å². The first-order valence-electron chi connectivity index (χ1n) is 8.90. The lowest BCUT2D eigenvalue weighted by atomic mass is 10.2. The lowest BCUT2D eigenvalue weighted by Crippen LogP contribution is -2.31. The Morgan fingerprint density at radius 3 is 2.50 bits per heavy atom. The Kier molecular flexibility index (Phi) is 6.63. The van der Waals surface area contributed by atoms with E-state index in [1.807, 2.05) is 6.92 Å². The van der Waals surface area contributed by atoms with Crippen LogP contribution in [0.5, 0.6) is 0 Å². The van der Waals surface area contributed by atoms with Gasteiger partial charge >= 0.3 is 6.18 Å². The maximum atomic E-state index is 13.0. The first-order valence-corrected chi connectivity index (χ1v) is 8.90. The number of imidazole rings is 1.